The van der Waals surface area contributed by atoms with E-state index in [1.807, 2.05) is 18.2 Å². The first-order valence-electron chi connectivity index (χ1n) is 11.6. The third-order valence-corrected chi connectivity index (χ3v) is 6.99. The van der Waals surface area contributed by atoms with Gasteiger partial charge in [0, 0.05) is 22.0 Å². The molecule has 2 heterocycles. The van der Waals surface area contributed by atoms with Crippen LogP contribution >= 0.6 is 0 Å². The SMILES string of the molecule is C=C/C=C\c1c(C)ccc2c1OCCn1c-2c(C2CCCCC2)c2ccc(C(=O)O)cc21. The van der Waals surface area contributed by atoms with Crippen LogP contribution in [0.15, 0.2) is 49.1 Å². The molecule has 0 saturated heterocycles. The summed E-state index contributed by atoms with van der Waals surface area (Å²) >= 11 is 0. The zero-order valence-electron chi connectivity index (χ0n) is 18.6. The van der Waals surface area contributed by atoms with Gasteiger partial charge in [-0.05, 0) is 55.0 Å². The van der Waals surface area contributed by atoms with Crippen LogP contribution in [0, 0.1) is 6.92 Å². The number of nitrogens with zero attached hydrogens (tertiary/aromatic N) is 1. The monoisotopic (exact) mass is 427 g/mol. The Labute approximate surface area is 188 Å². The summed E-state index contributed by atoms with van der Waals surface area (Å²) in [6.45, 7) is 7.16. The Kier molecular flexibility index (Phi) is 5.38. The molecule has 3 aromatic rings. The highest BCUT2D eigenvalue weighted by Crippen LogP contribution is 2.48. The van der Waals surface area contributed by atoms with Crippen molar-refractivity contribution in [1.82, 2.24) is 4.57 Å². The van der Waals surface area contributed by atoms with Crippen LogP contribution in [0.1, 0.15) is 65.1 Å². The summed E-state index contributed by atoms with van der Waals surface area (Å²) in [5, 5.41) is 10.8. The van der Waals surface area contributed by atoms with Crippen LogP contribution in [0.5, 0.6) is 5.75 Å². The number of hydrogen-bond acceptors (Lipinski definition) is 2. The zero-order chi connectivity index (χ0) is 22.2. The second-order valence-electron chi connectivity index (χ2n) is 8.90. The Morgan fingerprint density at radius 2 is 2.00 bits per heavy atom. The Morgan fingerprint density at radius 1 is 1.19 bits per heavy atom. The van der Waals surface area contributed by atoms with E-state index in [1.54, 1.807) is 12.1 Å². The molecule has 0 unspecified atom stereocenters. The van der Waals surface area contributed by atoms with Gasteiger partial charge in [0.25, 0.3) is 0 Å². The van der Waals surface area contributed by atoms with Gasteiger partial charge in [-0.15, -0.1) is 0 Å². The zero-order valence-corrected chi connectivity index (χ0v) is 18.6. The Bertz CT molecular complexity index is 1240. The van der Waals surface area contributed by atoms with Crippen molar-refractivity contribution in [3.8, 4) is 17.0 Å². The lowest BCUT2D eigenvalue weighted by atomic mass is 9.81. The van der Waals surface area contributed by atoms with Crippen LogP contribution in [0.25, 0.3) is 28.2 Å². The second-order valence-corrected chi connectivity index (χ2v) is 8.90. The van der Waals surface area contributed by atoms with Crippen LogP contribution in [0.2, 0.25) is 0 Å². The number of allylic oxidation sites excluding steroid dienone is 2. The lowest BCUT2D eigenvalue weighted by molar-refractivity contribution is 0.0697. The highest BCUT2D eigenvalue weighted by atomic mass is 16.5. The van der Waals surface area contributed by atoms with E-state index in [0.29, 0.717) is 24.6 Å². The number of aromatic carboxylic acids is 1. The van der Waals surface area contributed by atoms with E-state index in [-0.39, 0.29) is 0 Å². The van der Waals surface area contributed by atoms with E-state index in [2.05, 4.69) is 36.3 Å². The molecule has 2 aliphatic rings. The van der Waals surface area contributed by atoms with Gasteiger partial charge in [0.2, 0.25) is 0 Å². The Hall–Kier alpha value is -3.27. The molecule has 1 aliphatic carbocycles. The first-order chi connectivity index (χ1) is 15.6. The molecular weight excluding hydrogens is 398 g/mol. The molecule has 1 saturated carbocycles. The predicted molar refractivity (Wildman–Crippen MR) is 130 cm³/mol. The molecule has 164 valence electrons. The van der Waals surface area contributed by atoms with Gasteiger partial charge in [-0.1, -0.05) is 56.2 Å². The molecule has 1 aromatic heterocycles. The van der Waals surface area contributed by atoms with Crippen LogP contribution in [0.3, 0.4) is 0 Å². The Morgan fingerprint density at radius 3 is 2.75 bits per heavy atom. The molecular formula is C28H29NO3. The molecule has 0 radical (unpaired) electrons. The predicted octanol–water partition coefficient (Wildman–Crippen LogP) is 6.95. The number of carbonyl (C=O) groups is 1. The van der Waals surface area contributed by atoms with Gasteiger partial charge in [0.05, 0.1) is 17.8 Å². The highest BCUT2D eigenvalue weighted by Gasteiger charge is 2.30. The number of carboxylic acids is 1. The normalized spacial score (nSPS) is 16.4. The molecule has 0 bridgehead atoms. The average Bonchev–Trinajstić information content (AvgIpc) is 3.00. The summed E-state index contributed by atoms with van der Waals surface area (Å²) in [6, 6.07) is 9.95. The highest BCUT2D eigenvalue weighted by molar-refractivity contribution is 5.99. The molecule has 0 spiro atoms. The fraction of sp³-hybridized carbons (Fsp3) is 0.321. The average molecular weight is 428 g/mol. The van der Waals surface area contributed by atoms with Gasteiger partial charge in [-0.2, -0.15) is 0 Å². The smallest absolute Gasteiger partial charge is 0.335 e. The van der Waals surface area contributed by atoms with Crippen molar-refractivity contribution in [3.05, 3.63) is 71.3 Å². The van der Waals surface area contributed by atoms with Gasteiger partial charge in [0.15, 0.2) is 0 Å². The first-order valence-corrected chi connectivity index (χ1v) is 11.6. The molecule has 1 fully saturated rings. The molecule has 4 heteroatoms. The molecule has 32 heavy (non-hydrogen) atoms. The number of aromatic nitrogens is 1. The van der Waals surface area contributed by atoms with Crippen molar-refractivity contribution < 1.29 is 14.6 Å². The summed E-state index contributed by atoms with van der Waals surface area (Å²) in [7, 11) is 0. The lowest BCUT2D eigenvalue weighted by Gasteiger charge is -2.24. The fourth-order valence-corrected chi connectivity index (χ4v) is 5.49. The van der Waals surface area contributed by atoms with Gasteiger partial charge < -0.3 is 14.4 Å². The molecule has 0 atom stereocenters. The third-order valence-electron chi connectivity index (χ3n) is 6.99. The van der Waals surface area contributed by atoms with Gasteiger partial charge >= 0.3 is 5.97 Å². The standard InChI is InChI=1S/C28H29NO3/c1-3-4-10-21-18(2)11-13-23-26-25(19-8-6-5-7-9-19)22-14-12-20(28(30)31)17-24(22)29(26)15-16-32-27(21)23/h3-4,10-14,17,19H,1,5-9,15-16H2,2H3,(H,30,31)/b10-4-. The van der Waals surface area contributed by atoms with Crippen molar-refractivity contribution in [2.75, 3.05) is 6.61 Å². The van der Waals surface area contributed by atoms with E-state index < -0.39 is 5.97 Å². The van der Waals surface area contributed by atoms with Crippen molar-refractivity contribution in [2.24, 2.45) is 0 Å². The molecule has 0 amide bonds. The van der Waals surface area contributed by atoms with E-state index in [0.717, 1.165) is 22.4 Å². The molecule has 1 aliphatic heterocycles. The summed E-state index contributed by atoms with van der Waals surface area (Å²) in [4.78, 5) is 11.7. The maximum absolute atomic E-state index is 11.7. The second kappa shape index (κ2) is 8.34. The van der Waals surface area contributed by atoms with Crippen LogP contribution < -0.4 is 4.74 Å². The third kappa shape index (κ3) is 3.35. The number of hydrogen-bond donors (Lipinski definition) is 1. The van der Waals surface area contributed by atoms with Gasteiger partial charge in [-0.25, -0.2) is 4.79 Å². The van der Waals surface area contributed by atoms with E-state index >= 15 is 0 Å². The van der Waals surface area contributed by atoms with Crippen LogP contribution in [-0.4, -0.2) is 22.2 Å². The molecule has 2 aromatic carbocycles. The maximum atomic E-state index is 11.7. The topological polar surface area (TPSA) is 51.5 Å². The van der Waals surface area contributed by atoms with E-state index in [1.165, 1.54) is 54.3 Å². The van der Waals surface area contributed by atoms with Gasteiger partial charge in [-0.3, -0.25) is 0 Å². The quantitative estimate of drug-likeness (QED) is 0.458. The summed E-state index contributed by atoms with van der Waals surface area (Å²) in [6.07, 6.45) is 12.0. The maximum Gasteiger partial charge on any atom is 0.335 e. The molecule has 4 nitrogen and oxygen atoms in total. The Balaban J connectivity index is 1.84. The summed E-state index contributed by atoms with van der Waals surface area (Å²) in [5.74, 6) is 0.511. The van der Waals surface area contributed by atoms with Gasteiger partial charge in [0.1, 0.15) is 12.4 Å². The summed E-state index contributed by atoms with van der Waals surface area (Å²) < 4.78 is 8.64. The number of aryl methyl sites for hydroxylation is 1. The first kappa shape index (κ1) is 20.6. The summed E-state index contributed by atoms with van der Waals surface area (Å²) in [5.41, 5.74) is 7.25. The lowest BCUT2D eigenvalue weighted by Crippen LogP contribution is -2.07. The van der Waals surface area contributed by atoms with Crippen molar-refractivity contribution in [2.45, 2.75) is 51.5 Å². The molecule has 5 rings (SSSR count). The number of rotatable bonds is 4. The molecule has 1 N–H and O–H groups in total. The van der Waals surface area contributed by atoms with Crippen molar-refractivity contribution in [1.29, 1.82) is 0 Å². The van der Waals surface area contributed by atoms with Crippen LogP contribution in [0.4, 0.5) is 0 Å². The number of benzene rings is 2. The van der Waals surface area contributed by atoms with Crippen molar-refractivity contribution >= 4 is 22.9 Å². The minimum Gasteiger partial charge on any atom is -0.490 e. The minimum absolute atomic E-state index is 0.330. The number of ether oxygens (including phenoxy) is 1. The van der Waals surface area contributed by atoms with Crippen LogP contribution in [-0.2, 0) is 6.54 Å². The largest absolute Gasteiger partial charge is 0.490 e. The van der Waals surface area contributed by atoms with Crippen molar-refractivity contribution in [3.63, 3.8) is 0 Å². The number of fused-ring (bicyclic) bond motifs is 5. The van der Waals surface area contributed by atoms with E-state index in [4.69, 9.17) is 4.74 Å². The fourth-order valence-electron chi connectivity index (χ4n) is 5.49. The minimum atomic E-state index is -0.889. The number of carboxylic acid groups (broad SMARTS) is 1. The van der Waals surface area contributed by atoms with E-state index in [9.17, 15) is 9.90 Å².